The second kappa shape index (κ2) is 3.73. The van der Waals surface area contributed by atoms with Crippen molar-refractivity contribution in [3.63, 3.8) is 0 Å². The molecular weight excluding hydrogens is 216 g/mol. The third kappa shape index (κ3) is 1.93. The van der Waals surface area contributed by atoms with Crippen LogP contribution in [-0.4, -0.2) is 25.0 Å². The Kier molecular flexibility index (Phi) is 2.49. The van der Waals surface area contributed by atoms with Crippen LogP contribution in [-0.2, 0) is 12.5 Å². The van der Waals surface area contributed by atoms with Crippen LogP contribution in [0.5, 0.6) is 0 Å². The van der Waals surface area contributed by atoms with E-state index in [1.54, 1.807) is 4.68 Å². The molecule has 0 spiro atoms. The maximum atomic E-state index is 5.51. The minimum Gasteiger partial charge on any atom is -0.368 e. The number of H-pyrrole nitrogens is 1. The van der Waals surface area contributed by atoms with Crippen molar-refractivity contribution >= 4 is 5.95 Å². The molecule has 0 aliphatic carbocycles. The molecule has 90 valence electrons. The Bertz CT molecular complexity index is 548. The largest absolute Gasteiger partial charge is 0.368 e. The molecule has 2 rings (SSSR count). The van der Waals surface area contributed by atoms with Gasteiger partial charge in [0.15, 0.2) is 5.82 Å². The number of aromatic amines is 1. The molecule has 6 nitrogen and oxygen atoms in total. The lowest BCUT2D eigenvalue weighted by Gasteiger charge is -2.15. The summed E-state index contributed by atoms with van der Waals surface area (Å²) in [6.07, 6.45) is 1.87. The molecule has 6 heteroatoms. The molecular formula is C11H16N6. The summed E-state index contributed by atoms with van der Waals surface area (Å²) in [7, 11) is 1.86. The van der Waals surface area contributed by atoms with Gasteiger partial charge in [0.1, 0.15) is 5.69 Å². The third-order valence-electron chi connectivity index (χ3n) is 2.80. The van der Waals surface area contributed by atoms with Crippen molar-refractivity contribution in [2.24, 2.45) is 7.05 Å². The van der Waals surface area contributed by atoms with Crippen molar-refractivity contribution in [2.75, 3.05) is 5.73 Å². The Hall–Kier alpha value is -2.11. The number of hydrogen-bond donors (Lipinski definition) is 2. The fourth-order valence-electron chi connectivity index (χ4n) is 1.50. The normalized spacial score (nSPS) is 11.7. The Morgan fingerprint density at radius 3 is 2.71 bits per heavy atom. The van der Waals surface area contributed by atoms with E-state index in [2.05, 4.69) is 40.7 Å². The van der Waals surface area contributed by atoms with Crippen LogP contribution in [0.3, 0.4) is 0 Å². The number of hydrogen-bond acceptors (Lipinski definition) is 4. The molecule has 3 N–H and O–H groups in total. The lowest BCUT2D eigenvalue weighted by Crippen LogP contribution is -2.14. The molecule has 0 atom stereocenters. The molecule has 2 heterocycles. The van der Waals surface area contributed by atoms with Crippen LogP contribution in [0.2, 0.25) is 0 Å². The fraction of sp³-hybridized carbons (Fsp3) is 0.364. The summed E-state index contributed by atoms with van der Waals surface area (Å²) >= 11 is 0. The number of nitrogens with zero attached hydrogens (tertiary/aromatic N) is 4. The van der Waals surface area contributed by atoms with Crippen molar-refractivity contribution in [3.05, 3.63) is 24.4 Å². The van der Waals surface area contributed by atoms with Crippen LogP contribution >= 0.6 is 0 Å². The highest BCUT2D eigenvalue weighted by Gasteiger charge is 2.22. The number of nitrogens with two attached hydrogens (primary N) is 1. The summed E-state index contributed by atoms with van der Waals surface area (Å²) in [4.78, 5) is 2.88. The van der Waals surface area contributed by atoms with Gasteiger partial charge >= 0.3 is 0 Å². The van der Waals surface area contributed by atoms with E-state index in [4.69, 9.17) is 5.73 Å². The van der Waals surface area contributed by atoms with E-state index in [1.165, 1.54) is 0 Å². The van der Waals surface area contributed by atoms with Crippen LogP contribution in [0.1, 0.15) is 19.5 Å². The van der Waals surface area contributed by atoms with Crippen molar-refractivity contribution in [3.8, 4) is 11.5 Å². The zero-order valence-electron chi connectivity index (χ0n) is 10.2. The first kappa shape index (κ1) is 11.4. The maximum Gasteiger partial charge on any atom is 0.219 e. The molecule has 2 aromatic rings. The predicted octanol–water partition coefficient (Wildman–Crippen LogP) is 1.25. The maximum absolute atomic E-state index is 5.51. The molecule has 0 fully saturated rings. The second-order valence-electron chi connectivity index (χ2n) is 4.52. The predicted molar refractivity (Wildman–Crippen MR) is 66.2 cm³/mol. The van der Waals surface area contributed by atoms with Gasteiger partial charge in [0.25, 0.3) is 0 Å². The minimum atomic E-state index is -0.179. The molecule has 0 radical (unpaired) electrons. The van der Waals surface area contributed by atoms with Gasteiger partial charge in [0.2, 0.25) is 5.95 Å². The molecule has 0 unspecified atom stereocenters. The van der Waals surface area contributed by atoms with Gasteiger partial charge in [-0.25, -0.2) is 0 Å². The van der Waals surface area contributed by atoms with Gasteiger partial charge in [-0.1, -0.05) is 19.9 Å². The SMILES string of the molecule is C=CC(C)(C)c1cc(-c2nnc(N)[nH]2)n(C)n1. The molecule has 17 heavy (non-hydrogen) atoms. The average molecular weight is 232 g/mol. The van der Waals surface area contributed by atoms with Gasteiger partial charge in [0, 0.05) is 12.5 Å². The standard InChI is InChI=1S/C11H16N6/c1-5-11(2,3)8-6-7(17(4)16-8)9-13-10(12)15-14-9/h5-6H,1H2,2-4H3,(H3,12,13,14,15). The average Bonchev–Trinajstić information content (AvgIpc) is 2.85. The van der Waals surface area contributed by atoms with Gasteiger partial charge in [0.05, 0.1) is 5.69 Å². The van der Waals surface area contributed by atoms with Gasteiger partial charge in [-0.15, -0.1) is 16.8 Å². The number of nitrogen functional groups attached to an aromatic ring is 1. The van der Waals surface area contributed by atoms with Crippen LogP contribution in [0.4, 0.5) is 5.95 Å². The van der Waals surface area contributed by atoms with Crippen molar-refractivity contribution in [1.29, 1.82) is 0 Å². The number of nitrogens with one attached hydrogen (secondary N) is 1. The summed E-state index contributed by atoms with van der Waals surface area (Å²) in [6.45, 7) is 7.93. The summed E-state index contributed by atoms with van der Waals surface area (Å²) in [5.41, 5.74) is 7.11. The molecule has 0 saturated heterocycles. The smallest absolute Gasteiger partial charge is 0.219 e. The van der Waals surface area contributed by atoms with Gasteiger partial charge in [-0.05, 0) is 6.07 Å². The van der Waals surface area contributed by atoms with E-state index in [0.29, 0.717) is 11.8 Å². The molecule has 0 saturated carbocycles. The van der Waals surface area contributed by atoms with E-state index in [0.717, 1.165) is 11.4 Å². The third-order valence-corrected chi connectivity index (χ3v) is 2.80. The summed E-state index contributed by atoms with van der Waals surface area (Å²) in [6, 6.07) is 1.96. The summed E-state index contributed by atoms with van der Waals surface area (Å²) in [5.74, 6) is 0.911. The van der Waals surface area contributed by atoms with Crippen LogP contribution in [0, 0.1) is 0 Å². The lowest BCUT2D eigenvalue weighted by molar-refractivity contribution is 0.617. The fourth-order valence-corrected chi connectivity index (χ4v) is 1.50. The van der Waals surface area contributed by atoms with E-state index < -0.39 is 0 Å². The van der Waals surface area contributed by atoms with Gasteiger partial charge in [-0.3, -0.25) is 4.68 Å². The molecule has 0 aliphatic heterocycles. The van der Waals surface area contributed by atoms with Crippen LogP contribution in [0.25, 0.3) is 11.5 Å². The highest BCUT2D eigenvalue weighted by molar-refractivity contribution is 5.52. The van der Waals surface area contributed by atoms with Crippen LogP contribution in [0.15, 0.2) is 18.7 Å². The highest BCUT2D eigenvalue weighted by atomic mass is 15.3. The number of aromatic nitrogens is 5. The van der Waals surface area contributed by atoms with Crippen molar-refractivity contribution in [1.82, 2.24) is 25.0 Å². The Balaban J connectivity index is 2.48. The van der Waals surface area contributed by atoms with Crippen LogP contribution < -0.4 is 5.73 Å². The topological polar surface area (TPSA) is 85.4 Å². The van der Waals surface area contributed by atoms with Crippen molar-refractivity contribution in [2.45, 2.75) is 19.3 Å². The van der Waals surface area contributed by atoms with Gasteiger partial charge in [-0.2, -0.15) is 5.10 Å². The number of rotatable bonds is 3. The molecule has 0 aliphatic rings. The Labute approximate surface area is 99.6 Å². The summed E-state index contributed by atoms with van der Waals surface area (Å²) in [5, 5.41) is 12.1. The Morgan fingerprint density at radius 1 is 1.47 bits per heavy atom. The number of aryl methyl sites for hydroxylation is 1. The first-order valence-electron chi connectivity index (χ1n) is 5.30. The lowest BCUT2D eigenvalue weighted by atomic mass is 9.90. The monoisotopic (exact) mass is 232 g/mol. The molecule has 0 bridgehead atoms. The molecule has 0 aromatic carbocycles. The summed E-state index contributed by atoms with van der Waals surface area (Å²) < 4.78 is 1.75. The van der Waals surface area contributed by atoms with E-state index in [1.807, 2.05) is 19.2 Å². The highest BCUT2D eigenvalue weighted by Crippen LogP contribution is 2.26. The zero-order valence-corrected chi connectivity index (χ0v) is 10.2. The first-order chi connectivity index (χ1) is 7.94. The zero-order chi connectivity index (χ0) is 12.6. The molecule has 0 amide bonds. The van der Waals surface area contributed by atoms with E-state index >= 15 is 0 Å². The second-order valence-corrected chi connectivity index (χ2v) is 4.52. The van der Waals surface area contributed by atoms with E-state index in [-0.39, 0.29) is 5.41 Å². The Morgan fingerprint density at radius 2 is 2.18 bits per heavy atom. The minimum absolute atomic E-state index is 0.179. The van der Waals surface area contributed by atoms with Crippen molar-refractivity contribution < 1.29 is 0 Å². The van der Waals surface area contributed by atoms with Gasteiger partial charge < -0.3 is 10.7 Å². The molecule has 2 aromatic heterocycles. The quantitative estimate of drug-likeness (QED) is 0.780. The number of allylic oxidation sites excluding steroid dienone is 1. The number of anilines is 1. The first-order valence-corrected chi connectivity index (χ1v) is 5.30. The van der Waals surface area contributed by atoms with E-state index in [9.17, 15) is 0 Å².